The molecule has 1 unspecified atom stereocenters. The van der Waals surface area contributed by atoms with E-state index in [0.29, 0.717) is 13.1 Å². The predicted molar refractivity (Wildman–Crippen MR) is 122 cm³/mol. The van der Waals surface area contributed by atoms with E-state index in [1.165, 1.54) is 28.8 Å². The molecule has 162 valence electrons. The van der Waals surface area contributed by atoms with Crippen LogP contribution in [0.5, 0.6) is 0 Å². The second-order valence-electron chi connectivity index (χ2n) is 8.44. The van der Waals surface area contributed by atoms with Crippen molar-refractivity contribution in [1.29, 1.82) is 0 Å². The maximum atomic E-state index is 13.1. The Morgan fingerprint density at radius 1 is 1.16 bits per heavy atom. The number of hydrogen-bond acceptors (Lipinski definition) is 3. The number of fused-ring (bicyclic) bond motifs is 3. The Labute approximate surface area is 186 Å². The van der Waals surface area contributed by atoms with Crippen molar-refractivity contribution in [3.63, 3.8) is 0 Å². The van der Waals surface area contributed by atoms with E-state index in [4.69, 9.17) is 11.6 Å². The summed E-state index contributed by atoms with van der Waals surface area (Å²) in [4.78, 5) is 17.0. The number of anilines is 1. The number of rotatable bonds is 4. The maximum Gasteiger partial charge on any atom is 0.241 e. The highest BCUT2D eigenvalue weighted by molar-refractivity contribution is 6.20. The number of benzene rings is 2. The molecule has 0 aliphatic carbocycles. The standard InChI is InChI=1S/C24H26ClFN4O/c1-28-21-12-18(6-7-19(21)20-14-27-23(25)13-22(20)28)30-11-10-29(15-24(30)31)9-8-16-2-4-17(26)5-3-16/h2-7,12,23,27H,8-11,13-15H2,1H3. The lowest BCUT2D eigenvalue weighted by atomic mass is 10.1. The molecule has 1 aromatic heterocycles. The van der Waals surface area contributed by atoms with Crippen molar-refractivity contribution < 1.29 is 9.18 Å². The van der Waals surface area contributed by atoms with Crippen LogP contribution in [-0.4, -0.2) is 47.1 Å². The van der Waals surface area contributed by atoms with E-state index in [2.05, 4.69) is 40.0 Å². The summed E-state index contributed by atoms with van der Waals surface area (Å²) in [7, 11) is 2.08. The van der Waals surface area contributed by atoms with Gasteiger partial charge >= 0.3 is 0 Å². The fourth-order valence-electron chi connectivity index (χ4n) is 4.76. The highest BCUT2D eigenvalue weighted by Gasteiger charge is 2.27. The van der Waals surface area contributed by atoms with Gasteiger partial charge in [0.1, 0.15) is 5.82 Å². The number of nitrogens with one attached hydrogen (secondary N) is 1. The van der Waals surface area contributed by atoms with Gasteiger partial charge in [-0.25, -0.2) is 4.39 Å². The highest BCUT2D eigenvalue weighted by Crippen LogP contribution is 2.32. The molecule has 0 bridgehead atoms. The van der Waals surface area contributed by atoms with Gasteiger partial charge in [0.2, 0.25) is 5.91 Å². The van der Waals surface area contributed by atoms with Gasteiger partial charge in [0.05, 0.1) is 17.6 Å². The van der Waals surface area contributed by atoms with E-state index in [1.807, 2.05) is 17.0 Å². The number of piperazine rings is 1. The van der Waals surface area contributed by atoms with Crippen molar-refractivity contribution in [1.82, 2.24) is 14.8 Å². The first-order valence-corrected chi connectivity index (χ1v) is 11.2. The molecule has 5 rings (SSSR count). The summed E-state index contributed by atoms with van der Waals surface area (Å²) in [5.41, 5.74) is 5.70. The maximum absolute atomic E-state index is 13.1. The molecule has 3 heterocycles. The average molecular weight is 441 g/mol. The van der Waals surface area contributed by atoms with Crippen molar-refractivity contribution >= 4 is 34.1 Å². The Hall–Kier alpha value is -2.41. The van der Waals surface area contributed by atoms with Gasteiger partial charge in [0.25, 0.3) is 0 Å². The first-order valence-electron chi connectivity index (χ1n) is 10.7. The molecule has 1 N–H and O–H groups in total. The molecule has 0 saturated carbocycles. The van der Waals surface area contributed by atoms with E-state index in [0.717, 1.165) is 49.2 Å². The van der Waals surface area contributed by atoms with Crippen LogP contribution < -0.4 is 10.2 Å². The predicted octanol–water partition coefficient (Wildman–Crippen LogP) is 3.42. The quantitative estimate of drug-likeness (QED) is 0.499. The zero-order valence-corrected chi connectivity index (χ0v) is 18.3. The summed E-state index contributed by atoms with van der Waals surface area (Å²) in [6.07, 6.45) is 1.60. The zero-order valence-electron chi connectivity index (χ0n) is 17.6. The van der Waals surface area contributed by atoms with Gasteiger partial charge in [-0.3, -0.25) is 15.0 Å². The molecule has 1 saturated heterocycles. The molecule has 1 fully saturated rings. The molecule has 2 aliphatic rings. The van der Waals surface area contributed by atoms with E-state index in [-0.39, 0.29) is 17.2 Å². The normalized spacial score (nSPS) is 19.8. The topological polar surface area (TPSA) is 40.5 Å². The van der Waals surface area contributed by atoms with Crippen LogP contribution in [0.3, 0.4) is 0 Å². The van der Waals surface area contributed by atoms with Crippen molar-refractivity contribution in [3.05, 3.63) is 65.1 Å². The number of carbonyl (C=O) groups is 1. The van der Waals surface area contributed by atoms with Crippen molar-refractivity contribution in [2.45, 2.75) is 24.9 Å². The van der Waals surface area contributed by atoms with Gasteiger partial charge in [-0.1, -0.05) is 18.2 Å². The summed E-state index contributed by atoms with van der Waals surface area (Å²) < 4.78 is 15.3. The molecule has 0 radical (unpaired) electrons. The molecule has 2 aromatic carbocycles. The van der Waals surface area contributed by atoms with Gasteiger partial charge in [0.15, 0.2) is 0 Å². The number of aromatic nitrogens is 1. The first kappa shape index (κ1) is 20.5. The number of aryl methyl sites for hydroxylation is 1. The minimum Gasteiger partial charge on any atom is -0.347 e. The minimum absolute atomic E-state index is 0.0421. The number of amides is 1. The summed E-state index contributed by atoms with van der Waals surface area (Å²) in [6, 6.07) is 12.9. The lowest BCUT2D eigenvalue weighted by Crippen LogP contribution is -2.50. The van der Waals surface area contributed by atoms with Crippen LogP contribution in [0.4, 0.5) is 10.1 Å². The van der Waals surface area contributed by atoms with Crippen LogP contribution in [0.25, 0.3) is 10.9 Å². The van der Waals surface area contributed by atoms with E-state index < -0.39 is 0 Å². The molecule has 1 atom stereocenters. The molecular formula is C24H26ClFN4O. The number of halogens is 2. The molecule has 31 heavy (non-hydrogen) atoms. The largest absolute Gasteiger partial charge is 0.347 e. The Bertz CT molecular complexity index is 1130. The fourth-order valence-corrected chi connectivity index (χ4v) is 4.98. The third kappa shape index (κ3) is 3.95. The summed E-state index contributed by atoms with van der Waals surface area (Å²) in [5, 5.41) is 4.55. The number of hydrogen-bond donors (Lipinski definition) is 1. The second-order valence-corrected chi connectivity index (χ2v) is 8.96. The van der Waals surface area contributed by atoms with Gasteiger partial charge < -0.3 is 9.47 Å². The number of carbonyl (C=O) groups excluding carboxylic acids is 1. The van der Waals surface area contributed by atoms with E-state index in [9.17, 15) is 9.18 Å². The van der Waals surface area contributed by atoms with Gasteiger partial charge in [-0.05, 0) is 41.8 Å². The fraction of sp³-hybridized carbons (Fsp3) is 0.375. The average Bonchev–Trinajstić information content (AvgIpc) is 3.04. The molecule has 7 heteroatoms. The summed E-state index contributed by atoms with van der Waals surface area (Å²) >= 11 is 6.30. The summed E-state index contributed by atoms with van der Waals surface area (Å²) in [5.74, 6) is -0.103. The van der Waals surface area contributed by atoms with Gasteiger partial charge in [-0.15, -0.1) is 11.6 Å². The Balaban J connectivity index is 1.29. The smallest absolute Gasteiger partial charge is 0.241 e. The lowest BCUT2D eigenvalue weighted by Gasteiger charge is -2.34. The van der Waals surface area contributed by atoms with E-state index >= 15 is 0 Å². The number of nitrogens with zero attached hydrogens (tertiary/aromatic N) is 3. The second kappa shape index (κ2) is 8.26. The molecular weight excluding hydrogens is 415 g/mol. The number of alkyl halides is 1. The molecule has 1 amide bonds. The first-order chi connectivity index (χ1) is 15.0. The van der Waals surface area contributed by atoms with Gasteiger partial charge in [0, 0.05) is 56.4 Å². The molecule has 5 nitrogen and oxygen atoms in total. The zero-order chi connectivity index (χ0) is 21.5. The van der Waals surface area contributed by atoms with Crippen LogP contribution in [-0.2, 0) is 31.2 Å². The minimum atomic E-state index is -0.220. The SMILES string of the molecule is Cn1c2c(c3ccc(N4CCN(CCc5ccc(F)cc5)CC4=O)cc31)CNC(Cl)C2. The molecule has 0 spiro atoms. The van der Waals surface area contributed by atoms with Crippen LogP contribution in [0.1, 0.15) is 16.8 Å². The van der Waals surface area contributed by atoms with Crippen LogP contribution in [0.2, 0.25) is 0 Å². The Morgan fingerprint density at radius 2 is 1.97 bits per heavy atom. The van der Waals surface area contributed by atoms with E-state index in [1.54, 1.807) is 0 Å². The Morgan fingerprint density at radius 3 is 2.74 bits per heavy atom. The lowest BCUT2D eigenvalue weighted by molar-refractivity contribution is -0.121. The van der Waals surface area contributed by atoms with Crippen molar-refractivity contribution in [2.24, 2.45) is 7.05 Å². The third-order valence-electron chi connectivity index (χ3n) is 6.54. The summed E-state index contributed by atoms with van der Waals surface area (Å²) in [6.45, 7) is 3.46. The third-order valence-corrected chi connectivity index (χ3v) is 6.84. The van der Waals surface area contributed by atoms with Crippen LogP contribution >= 0.6 is 11.6 Å². The highest BCUT2D eigenvalue weighted by atomic mass is 35.5. The van der Waals surface area contributed by atoms with Crippen molar-refractivity contribution in [3.8, 4) is 0 Å². The van der Waals surface area contributed by atoms with Crippen molar-refractivity contribution in [2.75, 3.05) is 31.1 Å². The van der Waals surface area contributed by atoms with Crippen LogP contribution in [0, 0.1) is 5.82 Å². The molecule has 2 aliphatic heterocycles. The van der Waals surface area contributed by atoms with Gasteiger partial charge in [-0.2, -0.15) is 0 Å². The molecule has 3 aromatic rings. The van der Waals surface area contributed by atoms with Crippen LogP contribution in [0.15, 0.2) is 42.5 Å². The Kier molecular flexibility index (Phi) is 5.46. The monoisotopic (exact) mass is 440 g/mol.